The minimum absolute atomic E-state index is 0.207. The molecule has 0 amide bonds. The first-order valence-electron chi connectivity index (χ1n) is 4.29. The Morgan fingerprint density at radius 2 is 1.80 bits per heavy atom. The first-order valence-corrected chi connectivity index (χ1v) is 4.74. The Kier molecular flexibility index (Phi) is 2.47. The second kappa shape index (κ2) is 3.78. The summed E-state index contributed by atoms with van der Waals surface area (Å²) < 4.78 is 1.04. The van der Waals surface area contributed by atoms with Gasteiger partial charge in [-0.05, 0) is 12.1 Å². The number of hydrogen-bond donors (Lipinski definition) is 2. The van der Waals surface area contributed by atoms with E-state index in [1.165, 1.54) is 6.20 Å². The number of aromatic amines is 1. The van der Waals surface area contributed by atoms with E-state index in [-0.39, 0.29) is 4.90 Å². The van der Waals surface area contributed by atoms with E-state index < -0.39 is 11.2 Å². The Hall–Kier alpha value is -1.75. The highest BCUT2D eigenvalue weighted by Crippen LogP contribution is 2.01. The van der Waals surface area contributed by atoms with Crippen molar-refractivity contribution < 1.29 is 0 Å². The van der Waals surface area contributed by atoms with Crippen LogP contribution in [0.5, 0.6) is 0 Å². The number of thiol groups is 1. The summed E-state index contributed by atoms with van der Waals surface area (Å²) in [4.78, 5) is 25.8. The van der Waals surface area contributed by atoms with Crippen molar-refractivity contribution in [2.24, 2.45) is 0 Å². The topological polar surface area (TPSA) is 54.9 Å². The molecule has 76 valence electrons. The van der Waals surface area contributed by atoms with Gasteiger partial charge in [-0.25, -0.2) is 9.36 Å². The highest BCUT2D eigenvalue weighted by molar-refractivity contribution is 7.80. The molecule has 4 nitrogen and oxygen atoms in total. The van der Waals surface area contributed by atoms with E-state index in [4.69, 9.17) is 0 Å². The molecule has 1 aromatic carbocycles. The zero-order valence-electron chi connectivity index (χ0n) is 7.68. The maximum Gasteiger partial charge on any atom is 0.333 e. The number of aromatic nitrogens is 2. The molecule has 0 fully saturated rings. The third kappa shape index (κ3) is 1.73. The molecule has 0 radical (unpaired) electrons. The van der Waals surface area contributed by atoms with Crippen LogP contribution in [0.15, 0.2) is 51.0 Å². The number of para-hydroxylation sites is 1. The van der Waals surface area contributed by atoms with Crippen LogP contribution in [0.1, 0.15) is 0 Å². The van der Waals surface area contributed by atoms with Gasteiger partial charge in [-0.2, -0.15) is 0 Å². The molecule has 15 heavy (non-hydrogen) atoms. The fraction of sp³-hybridized carbons (Fsp3) is 0. The molecule has 0 bridgehead atoms. The maximum atomic E-state index is 11.7. The van der Waals surface area contributed by atoms with Gasteiger partial charge in [0, 0.05) is 6.20 Å². The monoisotopic (exact) mass is 220 g/mol. The molecule has 0 unspecified atom stereocenters. The molecule has 1 heterocycles. The average Bonchev–Trinajstić information content (AvgIpc) is 2.26. The molecule has 0 spiro atoms. The summed E-state index contributed by atoms with van der Waals surface area (Å²) in [7, 11) is 0. The summed E-state index contributed by atoms with van der Waals surface area (Å²) in [5.74, 6) is 0. The minimum Gasteiger partial charge on any atom is -0.313 e. The summed E-state index contributed by atoms with van der Waals surface area (Å²) in [5.41, 5.74) is -0.364. The van der Waals surface area contributed by atoms with Crippen molar-refractivity contribution in [1.82, 2.24) is 9.55 Å². The molecule has 1 aromatic heterocycles. The Morgan fingerprint density at radius 1 is 1.13 bits per heavy atom. The van der Waals surface area contributed by atoms with Crippen molar-refractivity contribution in [2.45, 2.75) is 4.90 Å². The van der Waals surface area contributed by atoms with E-state index in [0.717, 1.165) is 4.57 Å². The second-order valence-corrected chi connectivity index (χ2v) is 3.44. The average molecular weight is 220 g/mol. The molecule has 0 saturated heterocycles. The summed E-state index contributed by atoms with van der Waals surface area (Å²) >= 11 is 3.96. The van der Waals surface area contributed by atoms with Crippen molar-refractivity contribution >= 4 is 12.6 Å². The van der Waals surface area contributed by atoms with E-state index in [1.807, 2.05) is 6.07 Å². The molecular formula is C10H8N2O2S. The van der Waals surface area contributed by atoms with Gasteiger partial charge in [-0.15, -0.1) is 12.6 Å². The Bertz CT molecular complexity index is 586. The van der Waals surface area contributed by atoms with Gasteiger partial charge in [0.05, 0.1) is 10.6 Å². The standard InChI is InChI=1S/C10H8N2O2S/c13-9-8(15)6-11-10(14)12(9)7-4-2-1-3-5-7/h1-6,15H,(H,11,14). The van der Waals surface area contributed by atoms with Crippen LogP contribution in [0, 0.1) is 0 Å². The number of H-pyrrole nitrogens is 1. The normalized spacial score (nSPS) is 10.2. The lowest BCUT2D eigenvalue weighted by Crippen LogP contribution is -2.33. The molecule has 0 atom stereocenters. The van der Waals surface area contributed by atoms with Crippen molar-refractivity contribution in [3.8, 4) is 5.69 Å². The van der Waals surface area contributed by atoms with Gasteiger partial charge in [-0.1, -0.05) is 18.2 Å². The predicted molar refractivity (Wildman–Crippen MR) is 59.9 cm³/mol. The van der Waals surface area contributed by atoms with E-state index in [9.17, 15) is 9.59 Å². The summed E-state index contributed by atoms with van der Waals surface area (Å²) in [6, 6.07) is 8.69. The number of nitrogens with zero attached hydrogens (tertiary/aromatic N) is 1. The lowest BCUT2D eigenvalue weighted by Gasteiger charge is -2.03. The first kappa shape index (κ1) is 9.79. The van der Waals surface area contributed by atoms with Gasteiger partial charge in [0.1, 0.15) is 0 Å². The Balaban J connectivity index is 2.80. The third-order valence-corrected chi connectivity index (χ3v) is 2.29. The number of benzene rings is 1. The number of nitrogens with one attached hydrogen (secondary N) is 1. The highest BCUT2D eigenvalue weighted by Gasteiger charge is 2.05. The first-order chi connectivity index (χ1) is 7.20. The molecule has 0 aliphatic carbocycles. The predicted octanol–water partition coefficient (Wildman–Crippen LogP) is 0.815. The van der Waals surface area contributed by atoms with Crippen molar-refractivity contribution in [2.75, 3.05) is 0 Å². The molecule has 5 heteroatoms. The van der Waals surface area contributed by atoms with Crippen LogP contribution in [0.25, 0.3) is 5.69 Å². The van der Waals surface area contributed by atoms with Crippen molar-refractivity contribution in [3.63, 3.8) is 0 Å². The van der Waals surface area contributed by atoms with Gasteiger partial charge in [-0.3, -0.25) is 4.79 Å². The van der Waals surface area contributed by atoms with E-state index >= 15 is 0 Å². The zero-order valence-corrected chi connectivity index (χ0v) is 8.57. The van der Waals surface area contributed by atoms with Crippen LogP contribution in [-0.2, 0) is 0 Å². The van der Waals surface area contributed by atoms with Gasteiger partial charge in [0.15, 0.2) is 0 Å². The third-order valence-electron chi connectivity index (χ3n) is 1.97. The van der Waals surface area contributed by atoms with Crippen LogP contribution in [0.4, 0.5) is 0 Å². The second-order valence-electron chi connectivity index (χ2n) is 2.96. The lowest BCUT2D eigenvalue weighted by atomic mass is 10.3. The molecule has 2 aromatic rings. The van der Waals surface area contributed by atoms with Gasteiger partial charge in [0.2, 0.25) is 0 Å². The highest BCUT2D eigenvalue weighted by atomic mass is 32.1. The smallest absolute Gasteiger partial charge is 0.313 e. The van der Waals surface area contributed by atoms with Crippen molar-refractivity contribution in [3.05, 3.63) is 57.4 Å². The Morgan fingerprint density at radius 3 is 2.47 bits per heavy atom. The number of hydrogen-bond acceptors (Lipinski definition) is 3. The molecule has 0 saturated carbocycles. The summed E-state index contributed by atoms with van der Waals surface area (Å²) in [6.07, 6.45) is 1.28. The van der Waals surface area contributed by atoms with E-state index in [0.29, 0.717) is 5.69 Å². The van der Waals surface area contributed by atoms with Gasteiger partial charge in [0.25, 0.3) is 5.56 Å². The maximum absolute atomic E-state index is 11.7. The van der Waals surface area contributed by atoms with Crippen LogP contribution >= 0.6 is 12.6 Å². The molecule has 2 rings (SSSR count). The minimum atomic E-state index is -0.469. The fourth-order valence-corrected chi connectivity index (χ4v) is 1.44. The quantitative estimate of drug-likeness (QED) is 0.699. The van der Waals surface area contributed by atoms with Crippen molar-refractivity contribution in [1.29, 1.82) is 0 Å². The fourth-order valence-electron chi connectivity index (χ4n) is 1.27. The largest absolute Gasteiger partial charge is 0.333 e. The van der Waals surface area contributed by atoms with Crippen LogP contribution in [-0.4, -0.2) is 9.55 Å². The molecule has 1 N–H and O–H groups in total. The molecular weight excluding hydrogens is 212 g/mol. The summed E-state index contributed by atoms with van der Waals surface area (Å²) in [5, 5.41) is 0. The lowest BCUT2D eigenvalue weighted by molar-refractivity contribution is 0.839. The van der Waals surface area contributed by atoms with E-state index in [2.05, 4.69) is 17.6 Å². The van der Waals surface area contributed by atoms with Crippen LogP contribution in [0.2, 0.25) is 0 Å². The van der Waals surface area contributed by atoms with Gasteiger partial charge >= 0.3 is 5.69 Å². The number of rotatable bonds is 1. The zero-order chi connectivity index (χ0) is 10.8. The van der Waals surface area contributed by atoms with Crippen LogP contribution in [0.3, 0.4) is 0 Å². The Labute approximate surface area is 90.6 Å². The van der Waals surface area contributed by atoms with Gasteiger partial charge < -0.3 is 4.98 Å². The van der Waals surface area contributed by atoms with E-state index in [1.54, 1.807) is 24.3 Å². The molecule has 0 aliphatic heterocycles. The SMILES string of the molecule is O=c1[nH]cc(S)c(=O)n1-c1ccccc1. The molecule has 0 aliphatic rings. The van der Waals surface area contributed by atoms with Crippen LogP contribution < -0.4 is 11.2 Å². The summed E-state index contributed by atoms with van der Waals surface area (Å²) in [6.45, 7) is 0.